The van der Waals surface area contributed by atoms with E-state index in [1.165, 1.54) is 4.90 Å². The van der Waals surface area contributed by atoms with E-state index in [1.54, 1.807) is 11.3 Å². The van der Waals surface area contributed by atoms with Gasteiger partial charge in [0, 0.05) is 32.5 Å². The SMILES string of the molecule is Cc1ncsc1-c1ccc([C@H](C)NC(=O)[C@@H]2C[C@@H](O)CN2C(=O)[C@@H](NC(=O)CCCCCCNC(=O)[C@@H]2CCNC2)C(C)(C)C)cc1. The number of likely N-dealkylation sites (tertiary alicyclic amines) is 1. The monoisotopic (exact) mass is 668 g/mol. The quantitative estimate of drug-likeness (QED) is 0.193. The standard InChI is InChI=1S/C35H52N6O5S/c1-22(24-11-13-25(14-12-24)30-23(2)38-21-47-30)39-33(45)28-18-27(42)20-41(28)34(46)31(35(3,4)5)40-29(43)10-8-6-7-9-16-37-32(44)26-15-17-36-19-26/h11-14,21-22,26-28,31,36,42H,6-10,15-20H2,1-5H3,(H,37,44)(H,39,45)(H,40,43)/t22-,26+,27+,28-,31+/m0/s1. The Morgan fingerprint density at radius 1 is 1.06 bits per heavy atom. The van der Waals surface area contributed by atoms with Gasteiger partial charge in [0.2, 0.25) is 23.6 Å². The second-order valence-corrected chi connectivity index (χ2v) is 14.9. The van der Waals surface area contributed by atoms with Crippen molar-refractivity contribution < 1.29 is 24.3 Å². The molecule has 4 amide bonds. The number of carbonyl (C=O) groups is 4. The molecule has 1 aromatic carbocycles. The number of benzene rings is 1. The van der Waals surface area contributed by atoms with E-state index in [0.29, 0.717) is 13.0 Å². The lowest BCUT2D eigenvalue weighted by atomic mass is 9.85. The summed E-state index contributed by atoms with van der Waals surface area (Å²) >= 11 is 1.58. The largest absolute Gasteiger partial charge is 0.391 e. The van der Waals surface area contributed by atoms with Crippen molar-refractivity contribution in [3.63, 3.8) is 0 Å². The van der Waals surface area contributed by atoms with Crippen LogP contribution in [-0.2, 0) is 19.2 Å². The molecular weight excluding hydrogens is 616 g/mol. The van der Waals surface area contributed by atoms with Gasteiger partial charge in [-0.05, 0) is 56.2 Å². The Morgan fingerprint density at radius 2 is 1.79 bits per heavy atom. The number of β-amino-alcohol motifs (C(OH)–C–C–N with tert-alkyl or cyclic N) is 1. The number of hydrogen-bond acceptors (Lipinski definition) is 8. The lowest BCUT2D eigenvalue weighted by molar-refractivity contribution is -0.144. The van der Waals surface area contributed by atoms with E-state index in [2.05, 4.69) is 26.3 Å². The highest BCUT2D eigenvalue weighted by Crippen LogP contribution is 2.29. The van der Waals surface area contributed by atoms with E-state index >= 15 is 0 Å². The van der Waals surface area contributed by atoms with Crippen molar-refractivity contribution in [1.82, 2.24) is 31.2 Å². The van der Waals surface area contributed by atoms with E-state index in [4.69, 9.17) is 0 Å². The molecule has 11 nitrogen and oxygen atoms in total. The zero-order valence-electron chi connectivity index (χ0n) is 28.4. The summed E-state index contributed by atoms with van der Waals surface area (Å²) in [6, 6.07) is 5.98. The molecule has 5 atom stereocenters. The third-order valence-corrected chi connectivity index (χ3v) is 10.1. The molecule has 0 spiro atoms. The number of aryl methyl sites for hydroxylation is 1. The molecule has 2 aliphatic heterocycles. The summed E-state index contributed by atoms with van der Waals surface area (Å²) in [6.45, 7) is 11.8. The molecule has 0 aliphatic carbocycles. The molecule has 2 saturated heterocycles. The number of aliphatic hydroxyl groups excluding tert-OH is 1. The molecule has 2 fully saturated rings. The molecule has 258 valence electrons. The number of aromatic nitrogens is 1. The number of nitrogens with one attached hydrogen (secondary N) is 4. The van der Waals surface area contributed by atoms with Crippen LogP contribution in [-0.4, -0.2) is 83.0 Å². The van der Waals surface area contributed by atoms with Gasteiger partial charge in [-0.2, -0.15) is 0 Å². The van der Waals surface area contributed by atoms with Crippen molar-refractivity contribution in [3.8, 4) is 10.4 Å². The van der Waals surface area contributed by atoms with Gasteiger partial charge in [-0.1, -0.05) is 57.9 Å². The van der Waals surface area contributed by atoms with E-state index in [0.717, 1.165) is 60.5 Å². The lowest BCUT2D eigenvalue weighted by Gasteiger charge is -2.35. The summed E-state index contributed by atoms with van der Waals surface area (Å²) in [5.74, 6) is -0.740. The number of aliphatic hydroxyl groups is 1. The first-order valence-corrected chi connectivity index (χ1v) is 17.8. The number of amides is 4. The van der Waals surface area contributed by atoms with E-state index in [9.17, 15) is 24.3 Å². The fourth-order valence-corrected chi connectivity index (χ4v) is 7.06. The summed E-state index contributed by atoms with van der Waals surface area (Å²) < 4.78 is 0. The van der Waals surface area contributed by atoms with E-state index in [1.807, 2.05) is 64.4 Å². The Kier molecular flexibility index (Phi) is 12.9. The maximum absolute atomic E-state index is 13.9. The van der Waals surface area contributed by atoms with Crippen LogP contribution in [0.4, 0.5) is 0 Å². The second-order valence-electron chi connectivity index (χ2n) is 14.0. The van der Waals surface area contributed by atoms with Gasteiger partial charge in [0.15, 0.2) is 0 Å². The number of carbonyl (C=O) groups excluding carboxylic acids is 4. The topological polar surface area (TPSA) is 153 Å². The summed E-state index contributed by atoms with van der Waals surface area (Å²) in [5, 5.41) is 22.7. The third kappa shape index (κ3) is 10.1. The minimum Gasteiger partial charge on any atom is -0.391 e. The lowest BCUT2D eigenvalue weighted by Crippen LogP contribution is -2.57. The molecule has 1 aromatic heterocycles. The van der Waals surface area contributed by atoms with Gasteiger partial charge in [0.05, 0.1) is 34.1 Å². The Bertz CT molecular complexity index is 1370. The molecule has 2 aliphatic rings. The van der Waals surface area contributed by atoms with Gasteiger partial charge in [0.25, 0.3) is 0 Å². The zero-order valence-corrected chi connectivity index (χ0v) is 29.3. The number of hydrogen-bond donors (Lipinski definition) is 5. The van der Waals surface area contributed by atoms with E-state index < -0.39 is 23.6 Å². The Morgan fingerprint density at radius 3 is 2.43 bits per heavy atom. The van der Waals surface area contributed by atoms with Gasteiger partial charge in [-0.15, -0.1) is 11.3 Å². The third-order valence-electron chi connectivity index (χ3n) is 9.12. The minimum absolute atomic E-state index is 0.0322. The van der Waals surface area contributed by atoms with Crippen LogP contribution in [0, 0.1) is 18.3 Å². The normalized spacial score (nSPS) is 20.9. The van der Waals surface area contributed by atoms with Crippen LogP contribution in [0.1, 0.15) is 89.9 Å². The van der Waals surface area contributed by atoms with Gasteiger partial charge in [0.1, 0.15) is 12.1 Å². The van der Waals surface area contributed by atoms with Crippen LogP contribution >= 0.6 is 11.3 Å². The number of nitrogens with zero attached hydrogens (tertiary/aromatic N) is 2. The Balaban J connectivity index is 1.26. The van der Waals surface area contributed by atoms with Crippen molar-refractivity contribution in [1.29, 1.82) is 0 Å². The van der Waals surface area contributed by atoms with E-state index in [-0.39, 0.29) is 55.0 Å². The van der Waals surface area contributed by atoms with Crippen LogP contribution in [0.15, 0.2) is 29.8 Å². The predicted octanol–water partition coefficient (Wildman–Crippen LogP) is 3.46. The fraction of sp³-hybridized carbons (Fsp3) is 0.629. The summed E-state index contributed by atoms with van der Waals surface area (Å²) in [6.07, 6.45) is 3.74. The first-order valence-electron chi connectivity index (χ1n) is 16.9. The molecule has 47 heavy (non-hydrogen) atoms. The van der Waals surface area contributed by atoms with Gasteiger partial charge >= 0.3 is 0 Å². The molecule has 4 rings (SSSR count). The highest BCUT2D eigenvalue weighted by Gasteiger charge is 2.44. The smallest absolute Gasteiger partial charge is 0.246 e. The predicted molar refractivity (Wildman–Crippen MR) is 183 cm³/mol. The first kappa shape index (κ1) is 36.5. The molecule has 0 saturated carbocycles. The molecule has 0 unspecified atom stereocenters. The summed E-state index contributed by atoms with van der Waals surface area (Å²) in [7, 11) is 0. The molecule has 0 bridgehead atoms. The van der Waals surface area contributed by atoms with Crippen LogP contribution in [0.5, 0.6) is 0 Å². The first-order chi connectivity index (χ1) is 22.3. The van der Waals surface area contributed by atoms with Crippen molar-refractivity contribution in [2.24, 2.45) is 11.3 Å². The Labute approximate surface area is 282 Å². The highest BCUT2D eigenvalue weighted by molar-refractivity contribution is 7.13. The summed E-state index contributed by atoms with van der Waals surface area (Å²) in [5.41, 5.74) is 4.18. The van der Waals surface area contributed by atoms with Gasteiger partial charge < -0.3 is 31.3 Å². The number of rotatable bonds is 14. The van der Waals surface area contributed by atoms with Crippen LogP contribution in [0.25, 0.3) is 10.4 Å². The molecule has 3 heterocycles. The molecular formula is C35H52N6O5S. The Hall–Kier alpha value is -3.35. The van der Waals surface area contributed by atoms with Crippen molar-refractivity contribution in [2.75, 3.05) is 26.2 Å². The molecule has 5 N–H and O–H groups in total. The average molecular weight is 669 g/mol. The van der Waals surface area contributed by atoms with Crippen LogP contribution in [0.2, 0.25) is 0 Å². The van der Waals surface area contributed by atoms with Crippen LogP contribution < -0.4 is 21.3 Å². The maximum Gasteiger partial charge on any atom is 0.246 e. The van der Waals surface area contributed by atoms with Crippen molar-refractivity contribution >= 4 is 35.0 Å². The molecule has 2 aromatic rings. The summed E-state index contributed by atoms with van der Waals surface area (Å²) in [4.78, 5) is 59.3. The fourth-order valence-electron chi connectivity index (χ4n) is 6.25. The van der Waals surface area contributed by atoms with Gasteiger partial charge in [-0.3, -0.25) is 19.2 Å². The average Bonchev–Trinajstić information content (AvgIpc) is 3.80. The van der Waals surface area contributed by atoms with Crippen molar-refractivity contribution in [3.05, 3.63) is 41.0 Å². The molecule has 12 heteroatoms. The zero-order chi connectivity index (χ0) is 34.1. The van der Waals surface area contributed by atoms with Gasteiger partial charge in [-0.25, -0.2) is 4.98 Å². The van der Waals surface area contributed by atoms with Crippen molar-refractivity contribution in [2.45, 2.75) is 104 Å². The number of thiazole rings is 1. The maximum atomic E-state index is 13.9. The molecule has 0 radical (unpaired) electrons. The highest BCUT2D eigenvalue weighted by atomic mass is 32.1. The number of unbranched alkanes of at least 4 members (excludes halogenated alkanes) is 3. The minimum atomic E-state index is -0.851. The van der Waals surface area contributed by atoms with Crippen LogP contribution in [0.3, 0.4) is 0 Å². The second kappa shape index (κ2) is 16.7.